The summed E-state index contributed by atoms with van der Waals surface area (Å²) in [6.45, 7) is 9.10. The number of benzene rings is 3. The third-order valence-corrected chi connectivity index (χ3v) is 10.7. The minimum absolute atomic E-state index is 0.00560. The van der Waals surface area contributed by atoms with Gasteiger partial charge in [-0.25, -0.2) is 14.8 Å². The number of unbranched alkanes of at least 4 members (excludes halogenated alkanes) is 4. The summed E-state index contributed by atoms with van der Waals surface area (Å²) < 4.78 is 5.90. The van der Waals surface area contributed by atoms with E-state index in [1.807, 2.05) is 54.6 Å². The second-order valence-electron chi connectivity index (χ2n) is 14.7. The number of ether oxygens (including phenoxy) is 1. The molecule has 11 heteroatoms. The molecule has 4 N–H and O–H groups in total. The number of hydrogen-bond acceptors (Lipinski definition) is 8. The van der Waals surface area contributed by atoms with Gasteiger partial charge in [-0.05, 0) is 64.9 Å². The number of carbonyl (C=O) groups excluding carboxylic acids is 2. The van der Waals surface area contributed by atoms with E-state index in [9.17, 15) is 24.6 Å². The van der Waals surface area contributed by atoms with Crippen molar-refractivity contribution in [3.63, 3.8) is 0 Å². The normalized spacial score (nSPS) is 12.4. The summed E-state index contributed by atoms with van der Waals surface area (Å²) in [6, 6.07) is 22.8. The largest absolute Gasteiger partial charge is 0.508 e. The van der Waals surface area contributed by atoms with Gasteiger partial charge in [0.05, 0.1) is 11.5 Å². The lowest BCUT2D eigenvalue weighted by Crippen LogP contribution is -2.53. The Labute approximate surface area is 327 Å². The molecule has 0 aliphatic rings. The Bertz CT molecular complexity index is 2000. The van der Waals surface area contributed by atoms with E-state index >= 15 is 0 Å². The van der Waals surface area contributed by atoms with Crippen LogP contribution in [0.25, 0.3) is 22.5 Å². The molecule has 2 amide bonds. The number of aromatic nitrogens is 2. The second-order valence-corrected chi connectivity index (χ2v) is 15.8. The first kappa shape index (κ1) is 40.6. The number of carboxylic acids is 1. The van der Waals surface area contributed by atoms with Crippen molar-refractivity contribution in [2.24, 2.45) is 0 Å². The van der Waals surface area contributed by atoms with Gasteiger partial charge < -0.3 is 25.6 Å². The van der Waals surface area contributed by atoms with E-state index in [0.29, 0.717) is 22.9 Å². The van der Waals surface area contributed by atoms with E-state index in [1.165, 1.54) is 49.2 Å². The van der Waals surface area contributed by atoms with Crippen LogP contribution in [0.2, 0.25) is 0 Å². The molecule has 2 heterocycles. The van der Waals surface area contributed by atoms with E-state index in [2.05, 4.69) is 48.3 Å². The Balaban J connectivity index is 1.26. The van der Waals surface area contributed by atoms with Crippen molar-refractivity contribution in [2.75, 3.05) is 6.61 Å². The molecule has 5 rings (SSSR count). The lowest BCUT2D eigenvalue weighted by Gasteiger charge is -2.22. The zero-order valence-corrected chi connectivity index (χ0v) is 32.7. The number of phenols is 1. The van der Waals surface area contributed by atoms with Crippen LogP contribution >= 0.6 is 11.3 Å². The molecule has 0 aliphatic heterocycles. The lowest BCUT2D eigenvalue weighted by atomic mass is 9.95. The Morgan fingerprint density at radius 1 is 0.727 bits per heavy atom. The first-order valence-electron chi connectivity index (χ1n) is 18.8. The predicted octanol–water partition coefficient (Wildman–Crippen LogP) is 8.38. The summed E-state index contributed by atoms with van der Waals surface area (Å²) in [6.07, 6.45) is 9.63. The van der Waals surface area contributed by atoms with Crippen LogP contribution in [0.1, 0.15) is 85.5 Å². The fraction of sp³-hybridized carbons (Fsp3) is 0.341. The number of thiophene rings is 1. The predicted molar refractivity (Wildman–Crippen MR) is 217 cm³/mol. The van der Waals surface area contributed by atoms with Crippen LogP contribution in [-0.2, 0) is 27.8 Å². The summed E-state index contributed by atoms with van der Waals surface area (Å²) in [5, 5.41) is 25.1. The van der Waals surface area contributed by atoms with Gasteiger partial charge in [0.15, 0.2) is 5.82 Å². The molecule has 0 spiro atoms. The SMILES string of the molecule is CCCCCCCOc1ccc(-c2cnc(-c3ccc(CC(NC(=O)c4ccc(C(C)(C)C)s4)C(=O)NC(Cc4ccc(O)cc4)C(=O)O)cc3)nc2)cc1. The Kier molecular flexibility index (Phi) is 14.2. The number of aromatic hydroxyl groups is 1. The Morgan fingerprint density at radius 2 is 1.33 bits per heavy atom. The molecular weight excluding hydrogens is 713 g/mol. The van der Waals surface area contributed by atoms with Crippen LogP contribution in [-0.4, -0.2) is 56.7 Å². The number of hydrogen-bond donors (Lipinski definition) is 4. The maximum absolute atomic E-state index is 13.7. The zero-order chi connectivity index (χ0) is 39.4. The molecule has 10 nitrogen and oxygen atoms in total. The summed E-state index contributed by atoms with van der Waals surface area (Å²) in [5.41, 5.74) is 3.85. The smallest absolute Gasteiger partial charge is 0.326 e. The quantitative estimate of drug-likeness (QED) is 0.0651. The van der Waals surface area contributed by atoms with Crippen molar-refractivity contribution in [2.45, 2.75) is 90.1 Å². The van der Waals surface area contributed by atoms with Gasteiger partial charge in [-0.3, -0.25) is 9.59 Å². The zero-order valence-electron chi connectivity index (χ0n) is 31.9. The second kappa shape index (κ2) is 19.2. The highest BCUT2D eigenvalue weighted by Crippen LogP contribution is 2.30. The first-order valence-corrected chi connectivity index (χ1v) is 19.6. The molecular formula is C44H50N4O6S. The molecule has 2 atom stereocenters. The van der Waals surface area contributed by atoms with Gasteiger partial charge in [0.2, 0.25) is 5.91 Å². The van der Waals surface area contributed by atoms with E-state index in [-0.39, 0.29) is 24.0 Å². The number of carboxylic acid groups (broad SMARTS) is 1. The van der Waals surface area contributed by atoms with Crippen molar-refractivity contribution in [1.82, 2.24) is 20.6 Å². The molecule has 0 saturated heterocycles. The Hall–Kier alpha value is -5.55. The highest BCUT2D eigenvalue weighted by atomic mass is 32.1. The third kappa shape index (κ3) is 12.0. The first-order chi connectivity index (χ1) is 26.4. The van der Waals surface area contributed by atoms with E-state index < -0.39 is 29.9 Å². The summed E-state index contributed by atoms with van der Waals surface area (Å²) in [7, 11) is 0. The van der Waals surface area contributed by atoms with Gasteiger partial charge in [0, 0.05) is 41.2 Å². The van der Waals surface area contributed by atoms with Crippen molar-refractivity contribution in [3.8, 4) is 34.0 Å². The molecule has 0 fully saturated rings. The van der Waals surface area contributed by atoms with Gasteiger partial charge in [0.25, 0.3) is 5.91 Å². The highest BCUT2D eigenvalue weighted by molar-refractivity contribution is 7.14. The molecule has 0 radical (unpaired) electrons. The van der Waals surface area contributed by atoms with Crippen LogP contribution in [0.3, 0.4) is 0 Å². The number of aliphatic carboxylic acids is 1. The minimum Gasteiger partial charge on any atom is -0.508 e. The van der Waals surface area contributed by atoms with Gasteiger partial charge in [0.1, 0.15) is 23.6 Å². The number of carbonyl (C=O) groups is 3. The highest BCUT2D eigenvalue weighted by Gasteiger charge is 2.28. The van der Waals surface area contributed by atoms with Crippen LogP contribution in [0.5, 0.6) is 11.5 Å². The lowest BCUT2D eigenvalue weighted by molar-refractivity contribution is -0.142. The van der Waals surface area contributed by atoms with Gasteiger partial charge in [-0.2, -0.15) is 0 Å². The Morgan fingerprint density at radius 3 is 1.93 bits per heavy atom. The van der Waals surface area contributed by atoms with E-state index in [4.69, 9.17) is 4.74 Å². The average molecular weight is 763 g/mol. The van der Waals surface area contributed by atoms with E-state index in [0.717, 1.165) is 39.3 Å². The molecule has 2 unspecified atom stereocenters. The molecule has 3 aromatic carbocycles. The standard InChI is InChI=1S/C44H50N4O6S/c1-5-6-7-8-9-24-54-35-20-16-31(17-21-35)33-27-45-40(46-28-33)32-14-10-29(11-15-32)25-36(47-42(51)38-22-23-39(55-38)44(2,3)4)41(50)48-37(43(52)53)26-30-12-18-34(49)19-13-30/h10-23,27-28,36-37,49H,5-9,24-26H2,1-4H3,(H,47,51)(H,48,50)(H,52,53). The number of rotatable bonds is 18. The monoisotopic (exact) mass is 762 g/mol. The summed E-state index contributed by atoms with van der Waals surface area (Å²) in [4.78, 5) is 50.1. The molecule has 0 aliphatic carbocycles. The number of nitrogens with one attached hydrogen (secondary N) is 2. The maximum Gasteiger partial charge on any atom is 0.326 e. The summed E-state index contributed by atoms with van der Waals surface area (Å²) in [5.74, 6) is -0.840. The molecule has 288 valence electrons. The summed E-state index contributed by atoms with van der Waals surface area (Å²) >= 11 is 1.36. The fourth-order valence-electron chi connectivity index (χ4n) is 5.93. The minimum atomic E-state index is -1.26. The van der Waals surface area contributed by atoms with Crippen LogP contribution in [0, 0.1) is 0 Å². The number of nitrogens with zero attached hydrogens (tertiary/aromatic N) is 2. The van der Waals surface area contributed by atoms with Crippen molar-refractivity contribution in [3.05, 3.63) is 118 Å². The molecule has 55 heavy (non-hydrogen) atoms. The number of phenolic OH excluding ortho intramolecular Hbond substituents is 1. The van der Waals surface area contributed by atoms with Gasteiger partial charge >= 0.3 is 5.97 Å². The van der Waals surface area contributed by atoms with Gasteiger partial charge in [-0.15, -0.1) is 11.3 Å². The molecule has 0 saturated carbocycles. The average Bonchev–Trinajstić information content (AvgIpc) is 3.69. The van der Waals surface area contributed by atoms with E-state index in [1.54, 1.807) is 30.6 Å². The molecule has 0 bridgehead atoms. The van der Waals surface area contributed by atoms with Crippen LogP contribution in [0.15, 0.2) is 97.3 Å². The number of amides is 2. The topological polar surface area (TPSA) is 151 Å². The van der Waals surface area contributed by atoms with Crippen molar-refractivity contribution in [1.29, 1.82) is 0 Å². The molecule has 5 aromatic rings. The third-order valence-electron chi connectivity index (χ3n) is 9.19. The molecule has 2 aromatic heterocycles. The van der Waals surface area contributed by atoms with Crippen LogP contribution < -0.4 is 15.4 Å². The van der Waals surface area contributed by atoms with Crippen molar-refractivity contribution >= 4 is 29.1 Å². The van der Waals surface area contributed by atoms with Gasteiger partial charge in [-0.1, -0.05) is 102 Å². The fourth-order valence-corrected chi connectivity index (χ4v) is 6.90. The van der Waals surface area contributed by atoms with Crippen molar-refractivity contribution < 1.29 is 29.3 Å². The van der Waals surface area contributed by atoms with Crippen LogP contribution in [0.4, 0.5) is 0 Å². The maximum atomic E-state index is 13.7.